The van der Waals surface area contributed by atoms with Crippen molar-refractivity contribution >= 4 is 64.4 Å². The number of unbranched alkanes of at least 4 members (excludes halogenated alkanes) is 1. The van der Waals surface area contributed by atoms with Gasteiger partial charge in [0, 0.05) is 97.5 Å². The monoisotopic (exact) mass is 1300 g/mol. The summed E-state index contributed by atoms with van der Waals surface area (Å²) in [6, 6.07) is -6.74. The van der Waals surface area contributed by atoms with Gasteiger partial charge in [-0.25, -0.2) is 5.21 Å². The van der Waals surface area contributed by atoms with Crippen LogP contribution >= 0.6 is 0 Å². The predicted octanol–water partition coefficient (Wildman–Crippen LogP) is 7.21. The summed E-state index contributed by atoms with van der Waals surface area (Å²) in [5.74, 6) is -12.0. The molecule has 0 spiro atoms. The lowest BCUT2D eigenvalue weighted by Gasteiger charge is -2.36. The van der Waals surface area contributed by atoms with Crippen molar-refractivity contribution in [1.29, 1.82) is 0 Å². The Kier molecular flexibility index (Phi) is 35.6. The molecule has 2 rings (SSSR count). The fourth-order valence-electron chi connectivity index (χ4n) is 12.9. The molecule has 2 aliphatic rings. The van der Waals surface area contributed by atoms with Gasteiger partial charge in [0.05, 0.1) is 55.5 Å². The van der Waals surface area contributed by atoms with Gasteiger partial charge in [0.2, 0.25) is 35.4 Å². The van der Waals surface area contributed by atoms with Crippen molar-refractivity contribution in [3.05, 3.63) is 12.2 Å². The highest BCUT2D eigenvalue weighted by Gasteiger charge is 2.43. The number of morpholine rings is 1. The summed E-state index contributed by atoms with van der Waals surface area (Å²) in [5.41, 5.74) is 0. The van der Waals surface area contributed by atoms with Crippen molar-refractivity contribution in [3.63, 3.8) is 0 Å². The number of ketones is 5. The number of hydrogen-bond donors (Lipinski definition) is 4. The molecule has 0 aromatic carbocycles. The Bertz CT molecular complexity index is 2480. The number of aliphatic hydroxyl groups is 1. The van der Waals surface area contributed by atoms with Crippen LogP contribution in [0.3, 0.4) is 0 Å². The number of quaternary nitrogens is 1. The Morgan fingerprint density at radius 1 is 0.598 bits per heavy atom. The lowest BCUT2D eigenvalue weighted by atomic mass is 9.82. The number of allylic oxidation sites excluding steroid dienone is 2. The van der Waals surface area contributed by atoms with Crippen molar-refractivity contribution in [2.75, 3.05) is 67.6 Å². The highest BCUT2D eigenvalue weighted by Crippen LogP contribution is 2.30. The highest BCUT2D eigenvalue weighted by molar-refractivity contribution is 5.99. The van der Waals surface area contributed by atoms with E-state index in [1.54, 1.807) is 61.5 Å². The normalized spacial score (nSPS) is 27.7. The van der Waals surface area contributed by atoms with Gasteiger partial charge in [0.15, 0.2) is 28.9 Å². The fourth-order valence-corrected chi connectivity index (χ4v) is 12.9. The second-order valence-corrected chi connectivity index (χ2v) is 28.7. The van der Waals surface area contributed by atoms with E-state index in [2.05, 4.69) is 10.6 Å². The van der Waals surface area contributed by atoms with Crippen molar-refractivity contribution < 1.29 is 77.2 Å². The SMILES string of the molecule is C/C=C/C[C@@H](C)[C@@H](O)[C@@H]1CC(=O)[C@H](C(C)C)N(C)C(=O)[C@H](CC(C)C)CC(=O)[C@H](CC(C)C)N(C)C(=O)[C@@H](C)NC(=O)[C@H](C)CC(=O)[C@H](CC(C)C)N(C)C(=O)[C@H](C(C)C)CC(=O)[C@H]([C@@H](C)OCCCC[N+]2(O)CCOCC2)N(C)C(=O)CCC(=O)[C@H](CC)NC1=O. The molecule has 92 heavy (non-hydrogen) atoms. The third-order valence-electron chi connectivity index (χ3n) is 18.7. The standard InChI is InChI=1S/C70H121N7O15/c1-21-23-26-47(13)65(84)53-41-60(81)63(46(11)12)76(20)69(88)51(35-42(3)4)39-59(80)56(37-44(7)8)73(17)68(87)49(15)71-66(85)48(14)38-58(79)55(36-43(5)6)74(18)70(89)52(45(9)10)40-61(82)64(50(16)92-32-25-24-29-77(90)30-33-91-34-31-77)75(19)62(83)28-27-57(78)54(22-2)72-67(53)86/h21,23,42-56,63-65,84,90H,22,24-41H2,1-20H3,(H-,71,72,85,86)/p+1/b23-21+/t47-,48-,49-,50-,51-,52+,53+,54+,55+,56+,63+,64+,65-/m1/s1. The Labute approximate surface area is 551 Å². The van der Waals surface area contributed by atoms with Crippen LogP contribution in [0.25, 0.3) is 0 Å². The molecule has 6 amide bonds. The highest BCUT2D eigenvalue weighted by atomic mass is 16.6. The number of hydroxylamine groups is 3. The molecular formula is C70H122N7O15+. The molecule has 0 saturated carbocycles. The molecule has 2 saturated heterocycles. The molecule has 0 aromatic rings. The van der Waals surface area contributed by atoms with E-state index in [9.17, 15) is 63.1 Å². The lowest BCUT2D eigenvalue weighted by Crippen LogP contribution is -2.53. The smallest absolute Gasteiger partial charge is 0.245 e. The molecule has 2 aliphatic heterocycles. The van der Waals surface area contributed by atoms with Gasteiger partial charge in [-0.15, -0.1) is 0 Å². The molecule has 0 aromatic heterocycles. The van der Waals surface area contributed by atoms with Crippen LogP contribution in [0.1, 0.15) is 194 Å². The third-order valence-corrected chi connectivity index (χ3v) is 18.7. The zero-order chi connectivity index (χ0) is 70.2. The molecule has 2 fully saturated rings. The van der Waals surface area contributed by atoms with Crippen LogP contribution in [0, 0.1) is 59.2 Å². The van der Waals surface area contributed by atoms with Gasteiger partial charge in [-0.1, -0.05) is 102 Å². The molecule has 0 unspecified atom stereocenters. The van der Waals surface area contributed by atoms with Gasteiger partial charge in [0.25, 0.3) is 0 Å². The van der Waals surface area contributed by atoms with Gasteiger partial charge in [-0.3, -0.25) is 52.7 Å². The maximum Gasteiger partial charge on any atom is 0.245 e. The summed E-state index contributed by atoms with van der Waals surface area (Å²) in [6.07, 6.45) is 1.31. The second kappa shape index (κ2) is 39.5. The largest absolute Gasteiger partial charge is 0.392 e. The van der Waals surface area contributed by atoms with E-state index in [1.807, 2.05) is 54.5 Å². The van der Waals surface area contributed by atoms with E-state index in [0.29, 0.717) is 52.1 Å². The summed E-state index contributed by atoms with van der Waals surface area (Å²) in [4.78, 5) is 166. The quantitative estimate of drug-likeness (QED) is 0.0532. The Hall–Kier alpha value is -5.29. The number of Topliss-reactive ketones (excluding diaryl/α,β-unsaturated/α-hetero) is 5. The summed E-state index contributed by atoms with van der Waals surface area (Å²) in [7, 11) is 5.90. The average Bonchev–Trinajstić information content (AvgIpc) is 0.877. The van der Waals surface area contributed by atoms with Gasteiger partial charge in [-0.2, -0.15) is 4.65 Å². The van der Waals surface area contributed by atoms with Crippen LogP contribution in [0.15, 0.2) is 12.2 Å². The molecule has 22 nitrogen and oxygen atoms in total. The number of rotatable bonds is 20. The third kappa shape index (κ3) is 25.5. The first kappa shape index (κ1) is 82.8. The van der Waals surface area contributed by atoms with E-state index in [4.69, 9.17) is 9.47 Å². The number of nitrogens with one attached hydrogen (secondary N) is 2. The molecular weight excluding hydrogens is 1180 g/mol. The first-order chi connectivity index (χ1) is 42.9. The van der Waals surface area contributed by atoms with Crippen LogP contribution in [-0.4, -0.2) is 215 Å². The summed E-state index contributed by atoms with van der Waals surface area (Å²) in [6.45, 7) is 30.8. The van der Waals surface area contributed by atoms with Crippen LogP contribution in [0.4, 0.5) is 0 Å². The average molecular weight is 1300 g/mol. The fraction of sp³-hybridized carbons (Fsp3) is 0.814. The number of likely N-dealkylation sites (N-methyl/N-ethyl adjacent to an activating group) is 4. The number of carbonyl (C=O) groups is 11. The molecule has 0 radical (unpaired) electrons. The summed E-state index contributed by atoms with van der Waals surface area (Å²) >= 11 is 0. The van der Waals surface area contributed by atoms with Gasteiger partial charge >= 0.3 is 0 Å². The maximum absolute atomic E-state index is 15.0. The Morgan fingerprint density at radius 2 is 1.13 bits per heavy atom. The predicted molar refractivity (Wildman–Crippen MR) is 353 cm³/mol. The van der Waals surface area contributed by atoms with Crippen molar-refractivity contribution in [2.24, 2.45) is 59.2 Å². The number of amides is 6. The topological polar surface area (TPSA) is 284 Å². The van der Waals surface area contributed by atoms with E-state index >= 15 is 0 Å². The molecule has 13 atom stereocenters. The Balaban J connectivity index is 2.87. The summed E-state index contributed by atoms with van der Waals surface area (Å²) < 4.78 is 11.6. The number of carbonyl (C=O) groups excluding carboxylic acids is 11. The number of hydrogen-bond acceptors (Lipinski definition) is 15. The molecule has 526 valence electrons. The van der Waals surface area contributed by atoms with E-state index < -0.39 is 167 Å². The Morgan fingerprint density at radius 3 is 1.65 bits per heavy atom. The zero-order valence-electron chi connectivity index (χ0n) is 59.9. The van der Waals surface area contributed by atoms with Crippen LogP contribution in [-0.2, 0) is 62.2 Å². The first-order valence-corrected chi connectivity index (χ1v) is 34.2. The minimum absolute atomic E-state index is 0.0785. The van der Waals surface area contributed by atoms with Gasteiger partial charge < -0.3 is 44.8 Å². The van der Waals surface area contributed by atoms with Crippen LogP contribution < -0.4 is 10.6 Å². The van der Waals surface area contributed by atoms with Gasteiger partial charge in [0.1, 0.15) is 31.7 Å². The van der Waals surface area contributed by atoms with Crippen molar-refractivity contribution in [2.45, 2.75) is 243 Å². The minimum Gasteiger partial charge on any atom is -0.392 e. The molecule has 0 aliphatic carbocycles. The van der Waals surface area contributed by atoms with Crippen molar-refractivity contribution in [1.82, 2.24) is 30.2 Å². The molecule has 2 heterocycles. The van der Waals surface area contributed by atoms with Crippen molar-refractivity contribution in [3.8, 4) is 0 Å². The lowest BCUT2D eigenvalue weighted by molar-refractivity contribution is -1.11. The number of nitrogens with zero attached hydrogens (tertiary/aromatic N) is 5. The molecule has 0 bridgehead atoms. The number of ether oxygens (including phenoxy) is 2. The summed E-state index contributed by atoms with van der Waals surface area (Å²) in [5, 5.41) is 28.6. The van der Waals surface area contributed by atoms with Crippen LogP contribution in [0.5, 0.6) is 0 Å². The van der Waals surface area contributed by atoms with Crippen LogP contribution in [0.2, 0.25) is 0 Å². The number of aliphatic hydroxyl groups excluding tert-OH is 1. The van der Waals surface area contributed by atoms with E-state index in [-0.39, 0.29) is 80.4 Å². The first-order valence-electron chi connectivity index (χ1n) is 34.2. The van der Waals surface area contributed by atoms with E-state index in [0.717, 1.165) is 0 Å². The van der Waals surface area contributed by atoms with E-state index in [1.165, 1.54) is 54.7 Å². The molecule has 4 N–H and O–H groups in total. The maximum atomic E-state index is 15.0. The second-order valence-electron chi connectivity index (χ2n) is 28.7. The minimum atomic E-state index is -1.39. The zero-order valence-corrected chi connectivity index (χ0v) is 59.9. The van der Waals surface area contributed by atoms with Gasteiger partial charge in [-0.05, 0) is 94.8 Å². The molecule has 22 heteroatoms.